The number of hydrogen-bond donors (Lipinski definition) is 1. The largest absolute Gasteiger partial charge is 0.346 e. The quantitative estimate of drug-likeness (QED) is 0.680. The lowest BCUT2D eigenvalue weighted by Gasteiger charge is -2.11. The maximum atomic E-state index is 12.5. The summed E-state index contributed by atoms with van der Waals surface area (Å²) in [5.41, 5.74) is 1.59. The number of nitrogens with zero attached hydrogens (tertiary/aromatic N) is 2. The highest BCUT2D eigenvalue weighted by atomic mass is 79.9. The van der Waals surface area contributed by atoms with Crippen molar-refractivity contribution in [2.45, 2.75) is 13.5 Å². The van der Waals surface area contributed by atoms with Gasteiger partial charge in [-0.3, -0.25) is 9.59 Å². The smallest absolute Gasteiger partial charge is 0.276 e. The fourth-order valence-corrected chi connectivity index (χ4v) is 3.20. The molecule has 0 aliphatic heterocycles. The van der Waals surface area contributed by atoms with Crippen LogP contribution < -0.4 is 10.7 Å². The van der Waals surface area contributed by atoms with Crippen LogP contribution in [-0.2, 0) is 6.54 Å². The van der Waals surface area contributed by atoms with Crippen molar-refractivity contribution in [3.05, 3.63) is 91.3 Å². The van der Waals surface area contributed by atoms with E-state index in [-0.39, 0.29) is 12.2 Å². The van der Waals surface area contributed by atoms with Gasteiger partial charge in [-0.15, -0.1) is 0 Å². The van der Waals surface area contributed by atoms with E-state index in [1.807, 2.05) is 36.4 Å². The number of halogens is 2. The van der Waals surface area contributed by atoms with Crippen LogP contribution in [0.4, 0.5) is 0 Å². The van der Waals surface area contributed by atoms with E-state index in [4.69, 9.17) is 11.6 Å². The Morgan fingerprint density at radius 1 is 1.19 bits per heavy atom. The molecule has 1 aromatic heterocycles. The van der Waals surface area contributed by atoms with Crippen LogP contribution in [0.2, 0.25) is 5.02 Å². The van der Waals surface area contributed by atoms with Gasteiger partial charge >= 0.3 is 0 Å². The lowest BCUT2D eigenvalue weighted by Crippen LogP contribution is -2.31. The van der Waals surface area contributed by atoms with E-state index < -0.39 is 11.3 Å². The van der Waals surface area contributed by atoms with Crippen LogP contribution in [0.15, 0.2) is 63.9 Å². The molecule has 7 heteroatoms. The Morgan fingerprint density at radius 2 is 1.92 bits per heavy atom. The molecule has 3 aromatic rings. The number of hydrogen-bond acceptors (Lipinski definition) is 3. The molecule has 26 heavy (non-hydrogen) atoms. The molecule has 0 radical (unpaired) electrons. The first-order valence-electron chi connectivity index (χ1n) is 7.84. The molecule has 0 aliphatic carbocycles. The second kappa shape index (κ2) is 7.85. The zero-order chi connectivity index (χ0) is 18.7. The second-order valence-corrected chi connectivity index (χ2v) is 6.99. The van der Waals surface area contributed by atoms with Gasteiger partial charge in [0.25, 0.3) is 5.91 Å². The van der Waals surface area contributed by atoms with Crippen molar-refractivity contribution >= 4 is 33.4 Å². The van der Waals surface area contributed by atoms with Gasteiger partial charge in [-0.2, -0.15) is 5.10 Å². The first kappa shape index (κ1) is 18.4. The second-order valence-electron chi connectivity index (χ2n) is 5.66. The average Bonchev–Trinajstić information content (AvgIpc) is 2.61. The van der Waals surface area contributed by atoms with Crippen LogP contribution >= 0.6 is 27.5 Å². The number of nitrogens with one attached hydrogen (secondary N) is 1. The minimum Gasteiger partial charge on any atom is -0.346 e. The van der Waals surface area contributed by atoms with Crippen LogP contribution in [0, 0.1) is 6.92 Å². The minimum absolute atomic E-state index is 0.160. The number of carbonyl (C=O) groups is 1. The summed E-state index contributed by atoms with van der Waals surface area (Å²) >= 11 is 9.49. The topological polar surface area (TPSA) is 64.0 Å². The number of rotatable bonds is 4. The monoisotopic (exact) mass is 431 g/mol. The number of amides is 1. The predicted molar refractivity (Wildman–Crippen MR) is 105 cm³/mol. The van der Waals surface area contributed by atoms with Crippen LogP contribution in [0.25, 0.3) is 5.69 Å². The average molecular weight is 433 g/mol. The van der Waals surface area contributed by atoms with Gasteiger partial charge in [0.2, 0.25) is 5.43 Å². The van der Waals surface area contributed by atoms with Crippen LogP contribution in [0.5, 0.6) is 0 Å². The number of para-hydroxylation sites is 1. The van der Waals surface area contributed by atoms with Gasteiger partial charge in [-0.25, -0.2) is 4.68 Å². The molecule has 2 aromatic carbocycles. The molecule has 132 valence electrons. The van der Waals surface area contributed by atoms with Crippen molar-refractivity contribution < 1.29 is 4.79 Å². The molecule has 1 amide bonds. The Labute approximate surface area is 163 Å². The molecule has 0 saturated carbocycles. The fraction of sp³-hybridized carbons (Fsp3) is 0.105. The van der Waals surface area contributed by atoms with Crippen molar-refractivity contribution in [2.24, 2.45) is 0 Å². The highest BCUT2D eigenvalue weighted by Crippen LogP contribution is 2.21. The van der Waals surface area contributed by atoms with Gasteiger partial charge in [0.1, 0.15) is 0 Å². The SMILES string of the molecule is Cc1cc(=O)c(C(=O)NCc2ccc(Br)cc2Cl)nn1-c1ccccc1. The van der Waals surface area contributed by atoms with E-state index in [2.05, 4.69) is 26.3 Å². The van der Waals surface area contributed by atoms with E-state index in [0.717, 1.165) is 15.7 Å². The van der Waals surface area contributed by atoms with Crippen molar-refractivity contribution in [3.8, 4) is 5.69 Å². The summed E-state index contributed by atoms with van der Waals surface area (Å²) in [6, 6.07) is 16.1. The van der Waals surface area contributed by atoms with Crippen molar-refractivity contribution in [2.75, 3.05) is 0 Å². The van der Waals surface area contributed by atoms with Crippen LogP contribution in [0.1, 0.15) is 21.7 Å². The molecule has 0 spiro atoms. The molecule has 0 atom stereocenters. The Kier molecular flexibility index (Phi) is 5.54. The van der Waals surface area contributed by atoms with E-state index in [1.54, 1.807) is 23.7 Å². The Bertz CT molecular complexity index is 1020. The third-order valence-corrected chi connectivity index (χ3v) is 4.62. The van der Waals surface area contributed by atoms with E-state index in [9.17, 15) is 9.59 Å². The first-order valence-corrected chi connectivity index (χ1v) is 9.01. The van der Waals surface area contributed by atoms with Gasteiger partial charge < -0.3 is 5.32 Å². The first-order chi connectivity index (χ1) is 12.5. The highest BCUT2D eigenvalue weighted by Gasteiger charge is 2.15. The van der Waals surface area contributed by atoms with E-state index in [0.29, 0.717) is 10.7 Å². The number of carbonyl (C=O) groups excluding carboxylic acids is 1. The van der Waals surface area contributed by atoms with Gasteiger partial charge in [0, 0.05) is 27.8 Å². The standard InChI is InChI=1S/C19H15BrClN3O2/c1-12-9-17(25)18(23-24(12)15-5-3-2-4-6-15)19(26)22-11-13-7-8-14(20)10-16(13)21/h2-10H,11H2,1H3,(H,22,26). The van der Waals surface area contributed by atoms with Crippen molar-refractivity contribution in [3.63, 3.8) is 0 Å². The molecule has 3 rings (SSSR count). The van der Waals surface area contributed by atoms with Crippen molar-refractivity contribution in [1.29, 1.82) is 0 Å². The minimum atomic E-state index is -0.543. The molecule has 0 aliphatic rings. The van der Waals surface area contributed by atoms with Gasteiger partial charge in [0.15, 0.2) is 5.69 Å². The summed E-state index contributed by atoms with van der Waals surface area (Å²) in [6.07, 6.45) is 0. The zero-order valence-corrected chi connectivity index (χ0v) is 16.2. The molecule has 1 N–H and O–H groups in total. The van der Waals surface area contributed by atoms with Gasteiger partial charge in [-0.05, 0) is 36.8 Å². The molecular formula is C19H15BrClN3O2. The Morgan fingerprint density at radius 3 is 2.62 bits per heavy atom. The third-order valence-electron chi connectivity index (χ3n) is 3.78. The summed E-state index contributed by atoms with van der Waals surface area (Å²) < 4.78 is 2.42. The maximum absolute atomic E-state index is 12.5. The van der Waals surface area contributed by atoms with E-state index >= 15 is 0 Å². The summed E-state index contributed by atoms with van der Waals surface area (Å²) in [5, 5.41) is 7.47. The number of benzene rings is 2. The lowest BCUT2D eigenvalue weighted by molar-refractivity contribution is 0.0943. The molecule has 0 fully saturated rings. The van der Waals surface area contributed by atoms with Crippen LogP contribution in [-0.4, -0.2) is 15.7 Å². The Balaban J connectivity index is 1.86. The summed E-state index contributed by atoms with van der Waals surface area (Å²) in [7, 11) is 0. The molecule has 5 nitrogen and oxygen atoms in total. The normalized spacial score (nSPS) is 10.6. The number of aromatic nitrogens is 2. The van der Waals surface area contributed by atoms with Gasteiger partial charge in [0.05, 0.1) is 5.69 Å². The third kappa shape index (κ3) is 4.03. The molecule has 0 unspecified atom stereocenters. The maximum Gasteiger partial charge on any atom is 0.276 e. The summed E-state index contributed by atoms with van der Waals surface area (Å²) in [6.45, 7) is 1.97. The fourth-order valence-electron chi connectivity index (χ4n) is 2.46. The Hall–Kier alpha value is -2.44. The molecule has 0 saturated heterocycles. The molecular weight excluding hydrogens is 418 g/mol. The summed E-state index contributed by atoms with van der Waals surface area (Å²) in [5.74, 6) is -0.543. The molecule has 1 heterocycles. The molecule has 0 bridgehead atoms. The van der Waals surface area contributed by atoms with Gasteiger partial charge in [-0.1, -0.05) is 51.8 Å². The highest BCUT2D eigenvalue weighted by molar-refractivity contribution is 9.10. The number of aryl methyl sites for hydroxylation is 1. The summed E-state index contributed by atoms with van der Waals surface area (Å²) in [4.78, 5) is 24.7. The zero-order valence-electron chi connectivity index (χ0n) is 13.9. The lowest BCUT2D eigenvalue weighted by atomic mass is 10.2. The van der Waals surface area contributed by atoms with Crippen molar-refractivity contribution in [1.82, 2.24) is 15.1 Å². The van der Waals surface area contributed by atoms with Crippen LogP contribution in [0.3, 0.4) is 0 Å². The predicted octanol–water partition coefficient (Wildman–Crippen LogP) is 3.89. The van der Waals surface area contributed by atoms with E-state index in [1.165, 1.54) is 6.07 Å².